The van der Waals surface area contributed by atoms with Crippen molar-refractivity contribution in [3.05, 3.63) is 0 Å². The molecule has 0 aromatic heterocycles. The van der Waals surface area contributed by atoms with E-state index < -0.39 is 6.10 Å². The predicted octanol–water partition coefficient (Wildman–Crippen LogP) is -1.08. The number of carbonyl (C=O) groups excluding carboxylic acids is 1. The Morgan fingerprint density at radius 3 is 3.07 bits per heavy atom. The van der Waals surface area contributed by atoms with Gasteiger partial charge >= 0.3 is 0 Å². The zero-order valence-electron chi connectivity index (χ0n) is 8.95. The number of nitrogens with zero attached hydrogens (tertiary/aromatic N) is 1. The second kappa shape index (κ2) is 4.92. The summed E-state index contributed by atoms with van der Waals surface area (Å²) in [5.41, 5.74) is 5.25. The van der Waals surface area contributed by atoms with Crippen LogP contribution in [0.5, 0.6) is 0 Å². The third-order valence-electron chi connectivity index (χ3n) is 3.20. The monoisotopic (exact) mass is 213 g/mol. The lowest BCUT2D eigenvalue weighted by atomic mass is 10.0. The van der Waals surface area contributed by atoms with Crippen LogP contribution in [0.3, 0.4) is 0 Å². The minimum atomic E-state index is -0.416. The highest BCUT2D eigenvalue weighted by atomic mass is 16.5. The van der Waals surface area contributed by atoms with Gasteiger partial charge in [0.1, 0.15) is 6.10 Å². The molecule has 1 unspecified atom stereocenters. The van der Waals surface area contributed by atoms with Gasteiger partial charge in [-0.1, -0.05) is 0 Å². The Kier molecular flexibility index (Phi) is 3.56. The molecule has 2 heterocycles. The molecule has 1 amide bonds. The van der Waals surface area contributed by atoms with Crippen LogP contribution in [0, 0.1) is 0 Å². The normalized spacial score (nSPS) is 33.9. The molecule has 0 saturated carbocycles. The molecule has 86 valence electrons. The minimum Gasteiger partial charge on any atom is -0.367 e. The van der Waals surface area contributed by atoms with Gasteiger partial charge in [-0.05, 0) is 19.4 Å². The topological polar surface area (TPSA) is 67.6 Å². The largest absolute Gasteiger partial charge is 0.367 e. The second-order valence-electron chi connectivity index (χ2n) is 4.26. The molecule has 5 heteroatoms. The molecule has 0 aromatic carbocycles. The van der Waals surface area contributed by atoms with Crippen LogP contribution in [-0.4, -0.2) is 55.7 Å². The van der Waals surface area contributed by atoms with E-state index in [4.69, 9.17) is 10.5 Å². The number of morpholine rings is 1. The van der Waals surface area contributed by atoms with E-state index in [2.05, 4.69) is 10.2 Å². The Morgan fingerprint density at radius 2 is 2.40 bits per heavy atom. The van der Waals surface area contributed by atoms with E-state index in [0.29, 0.717) is 19.2 Å². The fourth-order valence-electron chi connectivity index (χ4n) is 2.32. The number of primary amides is 1. The lowest BCUT2D eigenvalue weighted by Crippen LogP contribution is -2.55. The van der Waals surface area contributed by atoms with Gasteiger partial charge in [-0.3, -0.25) is 9.69 Å². The molecule has 0 spiro atoms. The highest BCUT2D eigenvalue weighted by Crippen LogP contribution is 2.14. The standard InChI is InChI=1S/C10H19N3O2/c11-10(14)9-7-13(4-5-15-9)8-2-1-3-12-6-8/h8-9,12H,1-7H2,(H2,11,14)/t8-,9?/m1/s1. The number of carbonyl (C=O) groups is 1. The molecule has 15 heavy (non-hydrogen) atoms. The molecule has 0 aromatic rings. The Morgan fingerprint density at radius 1 is 1.53 bits per heavy atom. The lowest BCUT2D eigenvalue weighted by molar-refractivity contribution is -0.136. The first-order chi connectivity index (χ1) is 7.27. The Hall–Kier alpha value is -0.650. The minimum absolute atomic E-state index is 0.344. The first-order valence-electron chi connectivity index (χ1n) is 5.63. The van der Waals surface area contributed by atoms with Gasteiger partial charge < -0.3 is 15.8 Å². The Labute approximate surface area is 89.9 Å². The van der Waals surface area contributed by atoms with Crippen molar-refractivity contribution in [3.8, 4) is 0 Å². The molecular formula is C10H19N3O2. The summed E-state index contributed by atoms with van der Waals surface area (Å²) in [5.74, 6) is -0.344. The highest BCUT2D eigenvalue weighted by Gasteiger charge is 2.29. The third kappa shape index (κ3) is 2.68. The number of nitrogens with one attached hydrogen (secondary N) is 1. The second-order valence-corrected chi connectivity index (χ2v) is 4.26. The summed E-state index contributed by atoms with van der Waals surface area (Å²) < 4.78 is 5.32. The van der Waals surface area contributed by atoms with Gasteiger partial charge in [-0.2, -0.15) is 0 Å². The summed E-state index contributed by atoms with van der Waals surface area (Å²) in [5, 5.41) is 3.38. The quantitative estimate of drug-likeness (QED) is 0.612. The summed E-state index contributed by atoms with van der Waals surface area (Å²) in [4.78, 5) is 13.4. The maximum Gasteiger partial charge on any atom is 0.247 e. The number of amides is 1. The summed E-state index contributed by atoms with van der Waals surface area (Å²) in [6.45, 7) is 4.31. The van der Waals surface area contributed by atoms with Gasteiger partial charge in [-0.25, -0.2) is 0 Å². The van der Waals surface area contributed by atoms with Crippen molar-refractivity contribution >= 4 is 5.91 Å². The molecule has 2 aliphatic rings. The first kappa shape index (κ1) is 10.9. The Balaban J connectivity index is 1.88. The number of hydrogen-bond donors (Lipinski definition) is 2. The van der Waals surface area contributed by atoms with Gasteiger partial charge in [0, 0.05) is 25.7 Å². The van der Waals surface area contributed by atoms with Crippen LogP contribution >= 0.6 is 0 Å². The van der Waals surface area contributed by atoms with Crippen LogP contribution in [0.25, 0.3) is 0 Å². The fourth-order valence-corrected chi connectivity index (χ4v) is 2.32. The summed E-state index contributed by atoms with van der Waals surface area (Å²) in [6, 6.07) is 0.546. The number of nitrogens with two attached hydrogens (primary N) is 1. The van der Waals surface area contributed by atoms with Gasteiger partial charge in [-0.15, -0.1) is 0 Å². The highest BCUT2D eigenvalue weighted by molar-refractivity contribution is 5.79. The maximum absolute atomic E-state index is 11.0. The zero-order valence-corrected chi connectivity index (χ0v) is 8.95. The molecule has 2 atom stereocenters. The number of piperidine rings is 1. The molecule has 2 aliphatic heterocycles. The average molecular weight is 213 g/mol. The van der Waals surface area contributed by atoms with Gasteiger partial charge in [0.25, 0.3) is 0 Å². The molecule has 0 radical (unpaired) electrons. The average Bonchev–Trinajstić information content (AvgIpc) is 2.30. The molecule has 5 nitrogen and oxygen atoms in total. The van der Waals surface area contributed by atoms with Gasteiger partial charge in [0.15, 0.2) is 0 Å². The van der Waals surface area contributed by atoms with Crippen molar-refractivity contribution in [3.63, 3.8) is 0 Å². The van der Waals surface area contributed by atoms with Crippen molar-refractivity contribution in [2.75, 3.05) is 32.8 Å². The number of rotatable bonds is 2. The summed E-state index contributed by atoms with van der Waals surface area (Å²) in [6.07, 6.45) is 2.00. The van der Waals surface area contributed by atoms with Gasteiger partial charge in [0.05, 0.1) is 6.61 Å². The summed E-state index contributed by atoms with van der Waals surface area (Å²) in [7, 11) is 0. The van der Waals surface area contributed by atoms with Crippen molar-refractivity contribution in [1.82, 2.24) is 10.2 Å². The lowest BCUT2D eigenvalue weighted by Gasteiger charge is -2.39. The predicted molar refractivity (Wildman–Crippen MR) is 56.4 cm³/mol. The van der Waals surface area contributed by atoms with Crippen LogP contribution in [-0.2, 0) is 9.53 Å². The van der Waals surface area contributed by atoms with E-state index in [1.54, 1.807) is 0 Å². The molecule has 0 bridgehead atoms. The maximum atomic E-state index is 11.0. The third-order valence-corrected chi connectivity index (χ3v) is 3.20. The SMILES string of the molecule is NC(=O)C1CN([C@@H]2CCCNC2)CCO1. The smallest absolute Gasteiger partial charge is 0.247 e. The van der Waals surface area contributed by atoms with Crippen molar-refractivity contribution in [1.29, 1.82) is 0 Å². The molecule has 0 aliphatic carbocycles. The molecule has 2 fully saturated rings. The summed E-state index contributed by atoms with van der Waals surface area (Å²) >= 11 is 0. The molecule has 2 saturated heterocycles. The van der Waals surface area contributed by atoms with Crippen molar-refractivity contribution < 1.29 is 9.53 Å². The van der Waals surface area contributed by atoms with E-state index in [1.165, 1.54) is 12.8 Å². The molecule has 3 N–H and O–H groups in total. The van der Waals surface area contributed by atoms with Crippen LogP contribution in [0.1, 0.15) is 12.8 Å². The van der Waals surface area contributed by atoms with Crippen LogP contribution in [0.2, 0.25) is 0 Å². The van der Waals surface area contributed by atoms with Crippen molar-refractivity contribution in [2.45, 2.75) is 25.0 Å². The number of ether oxygens (including phenoxy) is 1. The number of hydrogen-bond acceptors (Lipinski definition) is 4. The van der Waals surface area contributed by atoms with Crippen LogP contribution in [0.15, 0.2) is 0 Å². The Bertz CT molecular complexity index is 229. The van der Waals surface area contributed by atoms with E-state index in [0.717, 1.165) is 19.6 Å². The van der Waals surface area contributed by atoms with Crippen LogP contribution < -0.4 is 11.1 Å². The fraction of sp³-hybridized carbons (Fsp3) is 0.900. The molecule has 2 rings (SSSR count). The first-order valence-corrected chi connectivity index (χ1v) is 5.63. The van der Waals surface area contributed by atoms with Crippen molar-refractivity contribution in [2.24, 2.45) is 5.73 Å². The van der Waals surface area contributed by atoms with E-state index >= 15 is 0 Å². The molecular weight excluding hydrogens is 194 g/mol. The van der Waals surface area contributed by atoms with E-state index in [1.807, 2.05) is 0 Å². The zero-order chi connectivity index (χ0) is 10.7. The van der Waals surface area contributed by atoms with Gasteiger partial charge in [0.2, 0.25) is 5.91 Å². The van der Waals surface area contributed by atoms with E-state index in [9.17, 15) is 4.79 Å². The van der Waals surface area contributed by atoms with Crippen LogP contribution in [0.4, 0.5) is 0 Å². The van der Waals surface area contributed by atoms with E-state index in [-0.39, 0.29) is 5.91 Å².